The minimum atomic E-state index is 0. The van der Waals surface area contributed by atoms with Gasteiger partial charge in [-0.3, -0.25) is 4.79 Å². The van der Waals surface area contributed by atoms with Gasteiger partial charge in [0, 0.05) is 24.0 Å². The summed E-state index contributed by atoms with van der Waals surface area (Å²) in [5.74, 6) is 0.171. The molecular weight excluding hydrogens is 328 g/mol. The lowest BCUT2D eigenvalue weighted by atomic mass is 9.91. The first kappa shape index (κ1) is 16.5. The maximum absolute atomic E-state index is 12.8. The Morgan fingerprint density at radius 3 is 2.87 bits per heavy atom. The number of amides is 1. The lowest BCUT2D eigenvalue weighted by Gasteiger charge is -2.22. The van der Waals surface area contributed by atoms with Gasteiger partial charge < -0.3 is 10.6 Å². The van der Waals surface area contributed by atoms with Crippen molar-refractivity contribution >= 4 is 29.7 Å². The van der Waals surface area contributed by atoms with E-state index >= 15 is 0 Å². The lowest BCUT2D eigenvalue weighted by Crippen LogP contribution is -2.39. The third-order valence-electron chi connectivity index (χ3n) is 4.86. The van der Waals surface area contributed by atoms with Gasteiger partial charge in [0.25, 0.3) is 5.91 Å². The highest BCUT2D eigenvalue weighted by molar-refractivity contribution is 7.17. The molecule has 1 atom stereocenters. The highest BCUT2D eigenvalue weighted by Crippen LogP contribution is 2.40. The highest BCUT2D eigenvalue weighted by Gasteiger charge is 2.30. The van der Waals surface area contributed by atoms with Crippen molar-refractivity contribution in [1.29, 1.82) is 0 Å². The zero-order valence-corrected chi connectivity index (χ0v) is 14.6. The van der Waals surface area contributed by atoms with Gasteiger partial charge in [0.2, 0.25) is 0 Å². The van der Waals surface area contributed by atoms with Gasteiger partial charge in [-0.2, -0.15) is 0 Å². The quantitative estimate of drug-likeness (QED) is 0.902. The Morgan fingerprint density at radius 2 is 2.04 bits per heavy atom. The summed E-state index contributed by atoms with van der Waals surface area (Å²) >= 11 is 1.65. The van der Waals surface area contributed by atoms with Gasteiger partial charge in [-0.15, -0.1) is 23.7 Å². The molecule has 2 N–H and O–H groups in total. The molecule has 4 rings (SSSR count). The number of hydrogen-bond donors (Lipinski definition) is 1. The lowest BCUT2D eigenvalue weighted by molar-refractivity contribution is 0.0746. The molecule has 1 aliphatic heterocycles. The molecule has 0 spiro atoms. The molecule has 0 radical (unpaired) electrons. The second-order valence-corrected chi connectivity index (χ2v) is 7.20. The zero-order valence-electron chi connectivity index (χ0n) is 13.0. The smallest absolute Gasteiger partial charge is 0.264 e. The van der Waals surface area contributed by atoms with Crippen LogP contribution < -0.4 is 5.73 Å². The summed E-state index contributed by atoms with van der Waals surface area (Å²) < 4.78 is 0. The van der Waals surface area contributed by atoms with Crippen molar-refractivity contribution in [2.45, 2.75) is 31.7 Å². The van der Waals surface area contributed by atoms with E-state index in [9.17, 15) is 4.79 Å². The Kier molecular flexibility index (Phi) is 4.76. The SMILES string of the molecule is Cl.NCC1CCCN1C(=O)c1cc2c(s1)-c1ccccc1CC2. The van der Waals surface area contributed by atoms with Crippen molar-refractivity contribution in [3.8, 4) is 10.4 Å². The van der Waals surface area contributed by atoms with Crippen LogP contribution in [0.4, 0.5) is 0 Å². The van der Waals surface area contributed by atoms with Crippen LogP contribution in [0.2, 0.25) is 0 Å². The van der Waals surface area contributed by atoms with Crippen LogP contribution in [0.15, 0.2) is 30.3 Å². The molecule has 2 aliphatic rings. The molecule has 5 heteroatoms. The van der Waals surface area contributed by atoms with Crippen molar-refractivity contribution in [2.24, 2.45) is 5.73 Å². The van der Waals surface area contributed by atoms with Crippen LogP contribution in [0.1, 0.15) is 33.6 Å². The molecule has 122 valence electrons. The number of rotatable bonds is 2. The van der Waals surface area contributed by atoms with Crippen molar-refractivity contribution in [3.05, 3.63) is 46.3 Å². The van der Waals surface area contributed by atoms with Crippen molar-refractivity contribution in [3.63, 3.8) is 0 Å². The summed E-state index contributed by atoms with van der Waals surface area (Å²) in [6.07, 6.45) is 4.22. The number of carbonyl (C=O) groups excluding carboxylic acids is 1. The molecule has 2 heterocycles. The predicted molar refractivity (Wildman–Crippen MR) is 97.5 cm³/mol. The van der Waals surface area contributed by atoms with Crippen molar-refractivity contribution < 1.29 is 4.79 Å². The Hall–Kier alpha value is -1.36. The Bertz CT molecular complexity index is 728. The van der Waals surface area contributed by atoms with Crippen LogP contribution in [0.5, 0.6) is 0 Å². The first-order valence-electron chi connectivity index (χ1n) is 8.00. The van der Waals surface area contributed by atoms with Gasteiger partial charge in [0.15, 0.2) is 0 Å². The molecule has 2 aromatic rings. The van der Waals surface area contributed by atoms with Crippen LogP contribution in [0.25, 0.3) is 10.4 Å². The van der Waals surface area contributed by atoms with Crippen LogP contribution in [0.3, 0.4) is 0 Å². The van der Waals surface area contributed by atoms with Crippen LogP contribution in [-0.2, 0) is 12.8 Å². The van der Waals surface area contributed by atoms with Gasteiger partial charge >= 0.3 is 0 Å². The number of hydrogen-bond acceptors (Lipinski definition) is 3. The van der Waals surface area contributed by atoms with E-state index in [1.54, 1.807) is 11.3 Å². The number of carbonyl (C=O) groups is 1. The summed E-state index contributed by atoms with van der Waals surface area (Å²) in [5, 5.41) is 0. The molecule has 1 aromatic heterocycles. The van der Waals surface area contributed by atoms with E-state index in [2.05, 4.69) is 30.3 Å². The Morgan fingerprint density at radius 1 is 1.26 bits per heavy atom. The second kappa shape index (κ2) is 6.63. The molecule has 1 fully saturated rings. The van der Waals surface area contributed by atoms with E-state index in [0.717, 1.165) is 37.1 Å². The first-order chi connectivity index (χ1) is 10.8. The largest absolute Gasteiger partial charge is 0.334 e. The first-order valence-corrected chi connectivity index (χ1v) is 8.81. The van der Waals surface area contributed by atoms with E-state index < -0.39 is 0 Å². The molecular formula is C18H21ClN2OS. The van der Waals surface area contributed by atoms with Crippen LogP contribution in [0, 0.1) is 0 Å². The third-order valence-corrected chi connectivity index (χ3v) is 6.05. The number of likely N-dealkylation sites (tertiary alicyclic amines) is 1. The molecule has 1 aromatic carbocycles. The fourth-order valence-electron chi connectivity index (χ4n) is 3.67. The average molecular weight is 349 g/mol. The van der Waals surface area contributed by atoms with Gasteiger partial charge in [0.05, 0.1) is 4.88 Å². The van der Waals surface area contributed by atoms with Gasteiger partial charge in [-0.25, -0.2) is 0 Å². The van der Waals surface area contributed by atoms with Gasteiger partial charge in [-0.1, -0.05) is 24.3 Å². The number of fused-ring (bicyclic) bond motifs is 3. The van der Waals surface area contributed by atoms with E-state index in [4.69, 9.17) is 5.73 Å². The van der Waals surface area contributed by atoms with Crippen molar-refractivity contribution in [2.75, 3.05) is 13.1 Å². The van der Waals surface area contributed by atoms with E-state index in [-0.39, 0.29) is 24.4 Å². The molecule has 3 nitrogen and oxygen atoms in total. The number of halogens is 1. The summed E-state index contributed by atoms with van der Waals surface area (Å²) in [4.78, 5) is 17.0. The molecule has 0 saturated carbocycles. The predicted octanol–water partition coefficient (Wildman–Crippen LogP) is 3.50. The summed E-state index contributed by atoms with van der Waals surface area (Å²) in [5.41, 5.74) is 9.85. The second-order valence-electron chi connectivity index (χ2n) is 6.15. The van der Waals surface area contributed by atoms with E-state index in [1.165, 1.54) is 21.6 Å². The normalized spacial score (nSPS) is 19.0. The number of thiophene rings is 1. The summed E-state index contributed by atoms with van der Waals surface area (Å²) in [6, 6.07) is 10.9. The monoisotopic (exact) mass is 348 g/mol. The molecule has 1 unspecified atom stereocenters. The number of nitrogens with zero attached hydrogens (tertiary/aromatic N) is 1. The standard InChI is InChI=1S/C18H20N2OS.ClH/c19-11-14-5-3-9-20(14)18(21)16-10-13-8-7-12-4-1-2-6-15(12)17(13)22-16;/h1-2,4,6,10,14H,3,5,7-9,11,19H2;1H. The Labute approximate surface area is 146 Å². The van der Waals surface area contributed by atoms with Crippen molar-refractivity contribution in [1.82, 2.24) is 4.90 Å². The highest BCUT2D eigenvalue weighted by atomic mass is 35.5. The Balaban J connectivity index is 0.00000156. The third kappa shape index (κ3) is 2.80. The fraction of sp³-hybridized carbons (Fsp3) is 0.389. The van der Waals surface area contributed by atoms with E-state index in [1.807, 2.05) is 4.90 Å². The number of nitrogens with two attached hydrogens (primary N) is 1. The minimum Gasteiger partial charge on any atom is -0.334 e. The van der Waals surface area contributed by atoms with Gasteiger partial charge in [-0.05, 0) is 48.4 Å². The molecule has 23 heavy (non-hydrogen) atoms. The minimum absolute atomic E-state index is 0. The molecule has 1 saturated heterocycles. The summed E-state index contributed by atoms with van der Waals surface area (Å²) in [7, 11) is 0. The molecule has 1 amide bonds. The molecule has 0 bridgehead atoms. The van der Waals surface area contributed by atoms with Gasteiger partial charge in [0.1, 0.15) is 0 Å². The number of benzene rings is 1. The maximum Gasteiger partial charge on any atom is 0.264 e. The number of aryl methyl sites for hydroxylation is 2. The average Bonchev–Trinajstić information content (AvgIpc) is 3.20. The van der Waals surface area contributed by atoms with Crippen LogP contribution in [-0.4, -0.2) is 29.9 Å². The zero-order chi connectivity index (χ0) is 15.1. The van der Waals surface area contributed by atoms with E-state index in [0.29, 0.717) is 6.54 Å². The summed E-state index contributed by atoms with van der Waals surface area (Å²) in [6.45, 7) is 1.42. The maximum atomic E-state index is 12.8. The van der Waals surface area contributed by atoms with Crippen LogP contribution >= 0.6 is 23.7 Å². The topological polar surface area (TPSA) is 46.3 Å². The fourth-order valence-corrected chi connectivity index (χ4v) is 4.89. The molecule has 1 aliphatic carbocycles.